The summed E-state index contributed by atoms with van der Waals surface area (Å²) in [4.78, 5) is 0. The van der Waals surface area contributed by atoms with Crippen LogP contribution in [-0.2, 0) is 6.18 Å². The van der Waals surface area contributed by atoms with Gasteiger partial charge < -0.3 is 5.11 Å². The van der Waals surface area contributed by atoms with Gasteiger partial charge in [0.2, 0.25) is 6.21 Å². The van der Waals surface area contributed by atoms with E-state index in [0.717, 1.165) is 12.1 Å². The number of benzene rings is 1. The van der Waals surface area contributed by atoms with E-state index in [9.17, 15) is 18.3 Å². The van der Waals surface area contributed by atoms with Crippen LogP contribution in [0.15, 0.2) is 29.4 Å². The minimum atomic E-state index is -4.33. The van der Waals surface area contributed by atoms with E-state index < -0.39 is 11.7 Å². The van der Waals surface area contributed by atoms with Gasteiger partial charge in [-0.2, -0.15) is 13.2 Å². The van der Waals surface area contributed by atoms with Crippen LogP contribution in [-0.4, -0.2) is 23.3 Å². The van der Waals surface area contributed by atoms with E-state index >= 15 is 0 Å². The molecule has 3 nitrogen and oxygen atoms in total. The number of alkyl halides is 3. The molecular formula is C11H9F3N2O. The molecule has 0 saturated heterocycles. The standard InChI is InChI=1S/C11H9F3N2O/c12-11(13,14)9-3-1-8(2-4-9)7-16-6-5-10(17)15-16/h1-4,7H,5-6H2. The molecule has 2 rings (SSSR count). The predicted molar refractivity (Wildman–Crippen MR) is 53.8 cm³/mol. The Labute approximate surface area is 95.5 Å². The monoisotopic (exact) mass is 242 g/mol. The van der Waals surface area contributed by atoms with Crippen molar-refractivity contribution in [3.8, 4) is 0 Å². The first-order valence-corrected chi connectivity index (χ1v) is 4.98. The zero-order chi connectivity index (χ0) is 12.5. The summed E-state index contributed by atoms with van der Waals surface area (Å²) in [5.41, 5.74) is -0.111. The van der Waals surface area contributed by atoms with Crippen molar-refractivity contribution in [2.45, 2.75) is 12.6 Å². The quantitative estimate of drug-likeness (QED) is 0.682. The fourth-order valence-corrected chi connectivity index (χ4v) is 1.48. The molecule has 0 radical (unpaired) electrons. The first-order chi connectivity index (χ1) is 7.95. The molecule has 0 saturated carbocycles. The van der Waals surface area contributed by atoms with Gasteiger partial charge in [0, 0.05) is 17.9 Å². The highest BCUT2D eigenvalue weighted by Crippen LogP contribution is 2.28. The van der Waals surface area contributed by atoms with Gasteiger partial charge in [-0.1, -0.05) is 4.68 Å². The van der Waals surface area contributed by atoms with Crippen LogP contribution >= 0.6 is 0 Å². The van der Waals surface area contributed by atoms with Crippen LogP contribution in [0.4, 0.5) is 13.2 Å². The minimum absolute atomic E-state index is 0.215. The van der Waals surface area contributed by atoms with Gasteiger partial charge in [-0.05, 0) is 29.4 Å². The van der Waals surface area contributed by atoms with Crippen molar-refractivity contribution in [1.82, 2.24) is 0 Å². The van der Waals surface area contributed by atoms with Gasteiger partial charge in [0.25, 0.3) is 0 Å². The molecule has 0 unspecified atom stereocenters. The van der Waals surface area contributed by atoms with Gasteiger partial charge in [-0.25, -0.2) is 0 Å². The maximum atomic E-state index is 12.3. The van der Waals surface area contributed by atoms with Gasteiger partial charge in [0.15, 0.2) is 6.54 Å². The fourth-order valence-electron chi connectivity index (χ4n) is 1.48. The number of nitrogens with zero attached hydrogens (tertiary/aromatic N) is 2. The molecule has 1 heterocycles. The Bertz CT molecular complexity index is 474. The van der Waals surface area contributed by atoms with Gasteiger partial charge in [-0.15, -0.1) is 0 Å². The Morgan fingerprint density at radius 2 is 1.88 bits per heavy atom. The normalized spacial score (nSPS) is 18.5. The van der Waals surface area contributed by atoms with Gasteiger partial charge in [0.05, 0.1) is 5.56 Å². The second kappa shape index (κ2) is 4.20. The highest BCUT2D eigenvalue weighted by atomic mass is 19.4. The van der Waals surface area contributed by atoms with Crippen molar-refractivity contribution in [3.05, 3.63) is 35.4 Å². The minimum Gasteiger partial charge on any atom is -0.857 e. The van der Waals surface area contributed by atoms with E-state index in [0.29, 0.717) is 18.5 Å². The van der Waals surface area contributed by atoms with Crippen molar-refractivity contribution < 1.29 is 23.0 Å². The largest absolute Gasteiger partial charge is 0.857 e. The van der Waals surface area contributed by atoms with Gasteiger partial charge in [0.1, 0.15) is 0 Å². The van der Waals surface area contributed by atoms with Crippen LogP contribution in [0.5, 0.6) is 0 Å². The van der Waals surface area contributed by atoms with Crippen LogP contribution in [0.25, 0.3) is 0 Å². The van der Waals surface area contributed by atoms with E-state index in [1.807, 2.05) is 0 Å². The van der Waals surface area contributed by atoms with Crippen molar-refractivity contribution in [2.24, 2.45) is 5.10 Å². The molecular weight excluding hydrogens is 233 g/mol. The number of rotatable bonds is 1. The molecule has 0 aliphatic carbocycles. The molecule has 1 aliphatic rings. The summed E-state index contributed by atoms with van der Waals surface area (Å²) in [5, 5.41) is 14.5. The number of hydrazone groups is 1. The summed E-state index contributed by atoms with van der Waals surface area (Å²) in [5.74, 6) is -0.215. The summed E-state index contributed by atoms with van der Waals surface area (Å²) >= 11 is 0. The maximum absolute atomic E-state index is 12.3. The Morgan fingerprint density at radius 1 is 1.24 bits per heavy atom. The van der Waals surface area contributed by atoms with Crippen LogP contribution < -0.4 is 5.11 Å². The van der Waals surface area contributed by atoms with Crippen LogP contribution in [0.3, 0.4) is 0 Å². The molecule has 1 aliphatic heterocycles. The molecule has 0 N–H and O–H groups in total. The lowest BCUT2D eigenvalue weighted by Gasteiger charge is -2.05. The Balaban J connectivity index is 2.20. The van der Waals surface area contributed by atoms with Crippen molar-refractivity contribution in [1.29, 1.82) is 0 Å². The molecule has 0 bridgehead atoms. The Hall–Kier alpha value is -1.85. The summed E-state index contributed by atoms with van der Waals surface area (Å²) in [6.07, 6.45) is -2.44. The number of halogens is 3. The predicted octanol–water partition coefficient (Wildman–Crippen LogP) is 1.21. The molecule has 0 spiro atoms. The molecule has 1 aromatic rings. The van der Waals surface area contributed by atoms with Gasteiger partial charge in [-0.3, -0.25) is 0 Å². The molecule has 0 aromatic heterocycles. The maximum Gasteiger partial charge on any atom is 0.416 e. The third kappa shape index (κ3) is 2.83. The van der Waals surface area contributed by atoms with Crippen molar-refractivity contribution in [3.63, 3.8) is 0 Å². The molecule has 1 aromatic carbocycles. The fraction of sp³-hybridized carbons (Fsp3) is 0.273. The highest BCUT2D eigenvalue weighted by Gasteiger charge is 2.30. The van der Waals surface area contributed by atoms with E-state index in [4.69, 9.17) is 0 Å². The second-order valence-corrected chi connectivity index (χ2v) is 3.66. The number of hydrogen-bond acceptors (Lipinski definition) is 2. The lowest BCUT2D eigenvalue weighted by molar-refractivity contribution is -0.519. The van der Waals surface area contributed by atoms with E-state index in [1.165, 1.54) is 16.8 Å². The third-order valence-corrected chi connectivity index (χ3v) is 2.33. The van der Waals surface area contributed by atoms with Crippen LogP contribution in [0, 0.1) is 0 Å². The average molecular weight is 242 g/mol. The first kappa shape index (κ1) is 11.6. The average Bonchev–Trinajstić information content (AvgIpc) is 2.63. The zero-order valence-electron chi connectivity index (χ0n) is 8.74. The lowest BCUT2D eigenvalue weighted by Crippen LogP contribution is -2.13. The summed E-state index contributed by atoms with van der Waals surface area (Å²) < 4.78 is 38.3. The third-order valence-electron chi connectivity index (χ3n) is 2.33. The zero-order valence-corrected chi connectivity index (χ0v) is 8.74. The number of hydrogen-bond donors (Lipinski definition) is 0. The molecule has 17 heavy (non-hydrogen) atoms. The summed E-state index contributed by atoms with van der Waals surface area (Å²) in [6.45, 7) is 0.472. The Morgan fingerprint density at radius 3 is 2.35 bits per heavy atom. The second-order valence-electron chi connectivity index (χ2n) is 3.66. The smallest absolute Gasteiger partial charge is 0.416 e. The summed E-state index contributed by atoms with van der Waals surface area (Å²) in [6, 6.07) is 4.70. The summed E-state index contributed by atoms with van der Waals surface area (Å²) in [7, 11) is 0. The lowest BCUT2D eigenvalue weighted by atomic mass is 10.1. The molecule has 0 fully saturated rings. The molecule has 90 valence electrons. The van der Waals surface area contributed by atoms with E-state index in [-0.39, 0.29) is 5.90 Å². The molecule has 0 atom stereocenters. The topological polar surface area (TPSA) is 38.4 Å². The van der Waals surface area contributed by atoms with Crippen molar-refractivity contribution in [2.75, 3.05) is 6.54 Å². The van der Waals surface area contributed by atoms with E-state index in [2.05, 4.69) is 5.10 Å². The van der Waals surface area contributed by atoms with Crippen molar-refractivity contribution >= 4 is 12.1 Å². The molecule has 6 heteroatoms. The highest BCUT2D eigenvalue weighted by molar-refractivity contribution is 5.77. The first-order valence-electron chi connectivity index (χ1n) is 4.98. The van der Waals surface area contributed by atoms with Gasteiger partial charge >= 0.3 is 6.18 Å². The Kier molecular flexibility index (Phi) is 2.87. The van der Waals surface area contributed by atoms with E-state index in [1.54, 1.807) is 6.21 Å². The van der Waals surface area contributed by atoms with Crippen LogP contribution in [0.1, 0.15) is 17.5 Å². The SMILES string of the molecule is [O-]C1=N[N+](=Cc2ccc(C(F)(F)F)cc2)CC1. The molecule has 0 amide bonds. The van der Waals surface area contributed by atoms with Crippen LogP contribution in [0.2, 0.25) is 0 Å².